The lowest BCUT2D eigenvalue weighted by Gasteiger charge is -2.08. The van der Waals surface area contributed by atoms with Crippen molar-refractivity contribution in [3.05, 3.63) is 68.9 Å². The van der Waals surface area contributed by atoms with Crippen LogP contribution in [0.5, 0.6) is 0 Å². The fraction of sp³-hybridized carbons (Fsp3) is 0.235. The molecule has 0 unspecified atom stereocenters. The molecule has 0 bridgehead atoms. The van der Waals surface area contributed by atoms with Crippen LogP contribution in [-0.2, 0) is 13.0 Å². The van der Waals surface area contributed by atoms with Crippen molar-refractivity contribution in [3.8, 4) is 0 Å². The molecule has 0 spiro atoms. The molecule has 0 saturated heterocycles. The molecule has 2 aromatic heterocycles. The van der Waals surface area contributed by atoms with Gasteiger partial charge in [-0.25, -0.2) is 4.79 Å². The highest BCUT2D eigenvalue weighted by Crippen LogP contribution is 2.25. The van der Waals surface area contributed by atoms with E-state index in [1.165, 1.54) is 6.07 Å². The fourth-order valence-corrected chi connectivity index (χ4v) is 2.55. The first-order valence-electron chi connectivity index (χ1n) is 7.09. The molecule has 0 aliphatic rings. The van der Waals surface area contributed by atoms with Gasteiger partial charge in [0.25, 0.3) is 0 Å². The fourth-order valence-electron chi connectivity index (χ4n) is 2.38. The SMILES string of the molecule is Cc1cc2oc(=O)cc(CNCCc3ccco3)c2cc1Cl. The molecule has 0 aliphatic heterocycles. The minimum atomic E-state index is -0.350. The summed E-state index contributed by atoms with van der Waals surface area (Å²) in [5.74, 6) is 0.934. The molecule has 22 heavy (non-hydrogen) atoms. The van der Waals surface area contributed by atoms with Crippen molar-refractivity contribution >= 4 is 22.6 Å². The predicted octanol–water partition coefficient (Wildman–Crippen LogP) is 3.68. The molecule has 3 aromatic rings. The predicted molar refractivity (Wildman–Crippen MR) is 86.3 cm³/mol. The summed E-state index contributed by atoms with van der Waals surface area (Å²) in [6.45, 7) is 3.22. The highest BCUT2D eigenvalue weighted by Gasteiger charge is 2.08. The van der Waals surface area contributed by atoms with E-state index in [0.717, 1.165) is 35.2 Å². The van der Waals surface area contributed by atoms with E-state index in [4.69, 9.17) is 20.4 Å². The quantitative estimate of drug-likeness (QED) is 0.576. The van der Waals surface area contributed by atoms with E-state index in [2.05, 4.69) is 5.32 Å². The van der Waals surface area contributed by atoms with Crippen molar-refractivity contribution in [2.45, 2.75) is 19.9 Å². The molecule has 0 amide bonds. The number of furan rings is 1. The minimum absolute atomic E-state index is 0.350. The molecular weight excluding hydrogens is 302 g/mol. The van der Waals surface area contributed by atoms with Gasteiger partial charge in [-0.15, -0.1) is 0 Å². The van der Waals surface area contributed by atoms with E-state index < -0.39 is 0 Å². The molecule has 0 aliphatic carbocycles. The number of fused-ring (bicyclic) bond motifs is 1. The molecule has 0 fully saturated rings. The van der Waals surface area contributed by atoms with Crippen molar-refractivity contribution in [2.24, 2.45) is 0 Å². The maximum absolute atomic E-state index is 11.7. The Labute approximate surface area is 132 Å². The van der Waals surface area contributed by atoms with E-state index in [-0.39, 0.29) is 5.63 Å². The van der Waals surface area contributed by atoms with Crippen molar-refractivity contribution in [1.82, 2.24) is 5.32 Å². The third-order valence-corrected chi connectivity index (χ3v) is 3.96. The number of halogens is 1. The molecule has 2 heterocycles. The van der Waals surface area contributed by atoms with Crippen LogP contribution in [0.4, 0.5) is 0 Å². The van der Waals surface area contributed by atoms with E-state index in [1.54, 1.807) is 12.3 Å². The molecule has 0 atom stereocenters. The third kappa shape index (κ3) is 3.24. The molecule has 1 aromatic carbocycles. The van der Waals surface area contributed by atoms with Crippen LogP contribution in [0.2, 0.25) is 5.02 Å². The zero-order valence-corrected chi connectivity index (χ0v) is 12.9. The average molecular weight is 318 g/mol. The van der Waals surface area contributed by atoms with Crippen molar-refractivity contribution in [2.75, 3.05) is 6.54 Å². The van der Waals surface area contributed by atoms with E-state index in [1.807, 2.05) is 25.1 Å². The zero-order valence-electron chi connectivity index (χ0n) is 12.2. The topological polar surface area (TPSA) is 55.4 Å². The zero-order chi connectivity index (χ0) is 15.5. The third-order valence-electron chi connectivity index (χ3n) is 3.55. The summed E-state index contributed by atoms with van der Waals surface area (Å²) in [6, 6.07) is 8.96. The summed E-state index contributed by atoms with van der Waals surface area (Å²) in [7, 11) is 0. The first kappa shape index (κ1) is 14.9. The van der Waals surface area contributed by atoms with Gasteiger partial charge in [0.2, 0.25) is 0 Å². The Balaban J connectivity index is 1.77. The van der Waals surface area contributed by atoms with Gasteiger partial charge in [0.05, 0.1) is 6.26 Å². The van der Waals surface area contributed by atoms with Crippen LogP contribution in [0.3, 0.4) is 0 Å². The molecule has 0 saturated carbocycles. The Kier molecular flexibility index (Phi) is 4.32. The van der Waals surface area contributed by atoms with Gasteiger partial charge < -0.3 is 14.2 Å². The molecular formula is C17H16ClNO3. The summed E-state index contributed by atoms with van der Waals surface area (Å²) in [4.78, 5) is 11.7. The standard InChI is InChI=1S/C17H16ClNO3/c1-11-7-16-14(9-15(11)18)12(8-17(20)22-16)10-19-5-4-13-3-2-6-21-13/h2-3,6-9,19H,4-5,10H2,1H3. The van der Waals surface area contributed by atoms with Gasteiger partial charge in [-0.05, 0) is 42.3 Å². The summed E-state index contributed by atoms with van der Waals surface area (Å²) in [5.41, 5.74) is 1.99. The van der Waals surface area contributed by atoms with E-state index in [9.17, 15) is 4.79 Å². The van der Waals surface area contributed by atoms with Crippen LogP contribution < -0.4 is 10.9 Å². The van der Waals surface area contributed by atoms with Gasteiger partial charge in [-0.1, -0.05) is 11.6 Å². The summed E-state index contributed by atoms with van der Waals surface area (Å²) in [5, 5.41) is 4.84. The Bertz CT molecular complexity index is 837. The van der Waals surface area contributed by atoms with E-state index >= 15 is 0 Å². The van der Waals surface area contributed by atoms with Gasteiger partial charge in [0.15, 0.2) is 0 Å². The van der Waals surface area contributed by atoms with Gasteiger partial charge in [-0.2, -0.15) is 0 Å². The molecule has 4 nitrogen and oxygen atoms in total. The van der Waals surface area contributed by atoms with Crippen LogP contribution in [0.15, 0.2) is 50.2 Å². The number of hydrogen-bond acceptors (Lipinski definition) is 4. The highest BCUT2D eigenvalue weighted by atomic mass is 35.5. The lowest BCUT2D eigenvalue weighted by atomic mass is 10.1. The molecule has 3 rings (SSSR count). The molecule has 114 valence electrons. The lowest BCUT2D eigenvalue weighted by Crippen LogP contribution is -2.17. The van der Waals surface area contributed by atoms with Crippen molar-refractivity contribution in [1.29, 1.82) is 0 Å². The summed E-state index contributed by atoms with van der Waals surface area (Å²) < 4.78 is 10.5. The van der Waals surface area contributed by atoms with Crippen molar-refractivity contribution < 1.29 is 8.83 Å². The maximum atomic E-state index is 11.7. The lowest BCUT2D eigenvalue weighted by molar-refractivity contribution is 0.498. The van der Waals surface area contributed by atoms with Crippen LogP contribution >= 0.6 is 11.6 Å². The number of rotatable bonds is 5. The molecule has 0 radical (unpaired) electrons. The minimum Gasteiger partial charge on any atom is -0.469 e. The molecule has 5 heteroatoms. The van der Waals surface area contributed by atoms with E-state index in [0.29, 0.717) is 17.2 Å². The van der Waals surface area contributed by atoms with Crippen LogP contribution in [0, 0.1) is 6.92 Å². The summed E-state index contributed by atoms with van der Waals surface area (Å²) in [6.07, 6.45) is 2.46. The Hall–Kier alpha value is -2.04. The van der Waals surface area contributed by atoms with Crippen LogP contribution in [-0.4, -0.2) is 6.54 Å². The highest BCUT2D eigenvalue weighted by molar-refractivity contribution is 6.32. The maximum Gasteiger partial charge on any atom is 0.336 e. The number of aryl methyl sites for hydroxylation is 1. The monoisotopic (exact) mass is 317 g/mol. The average Bonchev–Trinajstić information content (AvgIpc) is 2.98. The van der Waals surface area contributed by atoms with Gasteiger partial charge in [-0.3, -0.25) is 0 Å². The Morgan fingerprint density at radius 2 is 2.14 bits per heavy atom. The van der Waals surface area contributed by atoms with Crippen molar-refractivity contribution in [3.63, 3.8) is 0 Å². The first-order valence-corrected chi connectivity index (χ1v) is 7.47. The normalized spacial score (nSPS) is 11.2. The number of benzene rings is 1. The smallest absolute Gasteiger partial charge is 0.336 e. The van der Waals surface area contributed by atoms with Gasteiger partial charge in [0.1, 0.15) is 11.3 Å². The van der Waals surface area contributed by atoms with Crippen LogP contribution in [0.25, 0.3) is 11.0 Å². The van der Waals surface area contributed by atoms with Crippen LogP contribution in [0.1, 0.15) is 16.9 Å². The number of nitrogens with one attached hydrogen (secondary N) is 1. The largest absolute Gasteiger partial charge is 0.469 e. The second kappa shape index (κ2) is 6.38. The summed E-state index contributed by atoms with van der Waals surface area (Å²) >= 11 is 6.18. The van der Waals surface area contributed by atoms with Gasteiger partial charge in [0, 0.05) is 36.0 Å². The second-order valence-corrected chi connectivity index (χ2v) is 5.60. The Morgan fingerprint density at radius 3 is 2.91 bits per heavy atom. The van der Waals surface area contributed by atoms with Gasteiger partial charge >= 0.3 is 5.63 Å². The Morgan fingerprint density at radius 1 is 1.27 bits per heavy atom. The number of hydrogen-bond donors (Lipinski definition) is 1. The molecule has 1 N–H and O–H groups in total. The second-order valence-electron chi connectivity index (χ2n) is 5.19. The first-order chi connectivity index (χ1) is 10.6.